The van der Waals surface area contributed by atoms with E-state index in [1.54, 1.807) is 0 Å². The van der Waals surface area contributed by atoms with Gasteiger partial charge in [0.2, 0.25) is 11.8 Å². The van der Waals surface area contributed by atoms with Gasteiger partial charge in [-0.2, -0.15) is 0 Å². The highest BCUT2D eigenvalue weighted by Crippen LogP contribution is 2.08. The average Bonchev–Trinajstić information content (AvgIpc) is 3.15. The van der Waals surface area contributed by atoms with Crippen LogP contribution in [0.25, 0.3) is 0 Å². The predicted molar refractivity (Wildman–Crippen MR) is 94.7 cm³/mol. The SMILES string of the molecule is O=C(CCNC(=O)NCc1ccccc1)NCCC(=O)N1CCCC1. The molecule has 1 aromatic carbocycles. The molecule has 0 spiro atoms. The van der Waals surface area contributed by atoms with E-state index in [4.69, 9.17) is 0 Å². The highest BCUT2D eigenvalue weighted by molar-refractivity contribution is 5.80. The maximum atomic E-state index is 11.8. The van der Waals surface area contributed by atoms with E-state index in [2.05, 4.69) is 16.0 Å². The van der Waals surface area contributed by atoms with Crippen molar-refractivity contribution >= 4 is 17.8 Å². The molecule has 3 N–H and O–H groups in total. The van der Waals surface area contributed by atoms with Gasteiger partial charge < -0.3 is 20.9 Å². The van der Waals surface area contributed by atoms with E-state index in [-0.39, 0.29) is 30.8 Å². The molecule has 25 heavy (non-hydrogen) atoms. The molecule has 0 saturated carbocycles. The first kappa shape index (κ1) is 18.8. The minimum Gasteiger partial charge on any atom is -0.356 e. The quantitative estimate of drug-likeness (QED) is 0.656. The molecule has 0 aromatic heterocycles. The molecule has 0 bridgehead atoms. The molecule has 7 nitrogen and oxygen atoms in total. The zero-order chi connectivity index (χ0) is 17.9. The molecule has 136 valence electrons. The van der Waals surface area contributed by atoms with E-state index in [9.17, 15) is 14.4 Å². The van der Waals surface area contributed by atoms with Gasteiger partial charge in [-0.25, -0.2) is 4.79 Å². The van der Waals surface area contributed by atoms with Crippen molar-refractivity contribution in [3.63, 3.8) is 0 Å². The second-order valence-corrected chi connectivity index (χ2v) is 6.03. The molecule has 4 amide bonds. The summed E-state index contributed by atoms with van der Waals surface area (Å²) in [7, 11) is 0. The van der Waals surface area contributed by atoms with E-state index >= 15 is 0 Å². The molecule has 0 unspecified atom stereocenters. The Balaban J connectivity index is 1.50. The van der Waals surface area contributed by atoms with Crippen LogP contribution in [0.1, 0.15) is 31.2 Å². The lowest BCUT2D eigenvalue weighted by atomic mass is 10.2. The number of urea groups is 1. The van der Waals surface area contributed by atoms with Crippen molar-refractivity contribution in [2.24, 2.45) is 0 Å². The lowest BCUT2D eigenvalue weighted by Gasteiger charge is -2.15. The van der Waals surface area contributed by atoms with Gasteiger partial charge in [-0.1, -0.05) is 30.3 Å². The van der Waals surface area contributed by atoms with Gasteiger partial charge in [0, 0.05) is 45.6 Å². The van der Waals surface area contributed by atoms with Crippen LogP contribution in [0, 0.1) is 0 Å². The van der Waals surface area contributed by atoms with E-state index in [1.807, 2.05) is 35.2 Å². The Bertz CT molecular complexity index is 571. The van der Waals surface area contributed by atoms with Gasteiger partial charge in [-0.05, 0) is 18.4 Å². The summed E-state index contributed by atoms with van der Waals surface area (Å²) < 4.78 is 0. The van der Waals surface area contributed by atoms with Crippen molar-refractivity contribution in [1.82, 2.24) is 20.9 Å². The van der Waals surface area contributed by atoms with Gasteiger partial charge in [0.1, 0.15) is 0 Å². The van der Waals surface area contributed by atoms with E-state index < -0.39 is 0 Å². The fourth-order valence-corrected chi connectivity index (χ4v) is 2.65. The molecule has 1 heterocycles. The third-order valence-corrected chi connectivity index (χ3v) is 4.05. The smallest absolute Gasteiger partial charge is 0.315 e. The van der Waals surface area contributed by atoms with Gasteiger partial charge in [-0.3, -0.25) is 9.59 Å². The maximum absolute atomic E-state index is 11.8. The molecule has 0 radical (unpaired) electrons. The summed E-state index contributed by atoms with van der Waals surface area (Å²) in [6.45, 7) is 2.70. The van der Waals surface area contributed by atoms with Crippen molar-refractivity contribution in [3.05, 3.63) is 35.9 Å². The number of amides is 4. The van der Waals surface area contributed by atoms with Crippen LogP contribution in [0.15, 0.2) is 30.3 Å². The van der Waals surface area contributed by atoms with E-state index in [1.165, 1.54) is 0 Å². The van der Waals surface area contributed by atoms with Gasteiger partial charge in [-0.15, -0.1) is 0 Å². The van der Waals surface area contributed by atoms with Crippen LogP contribution in [0.3, 0.4) is 0 Å². The lowest BCUT2D eigenvalue weighted by Crippen LogP contribution is -2.38. The van der Waals surface area contributed by atoms with Crippen molar-refractivity contribution in [2.75, 3.05) is 26.2 Å². The molecule has 1 saturated heterocycles. The van der Waals surface area contributed by atoms with Crippen LogP contribution in [0.2, 0.25) is 0 Å². The first-order chi connectivity index (χ1) is 12.1. The molecular weight excluding hydrogens is 320 g/mol. The number of carbonyl (C=O) groups is 3. The topological polar surface area (TPSA) is 90.5 Å². The second-order valence-electron chi connectivity index (χ2n) is 6.03. The molecular formula is C18H26N4O3. The lowest BCUT2D eigenvalue weighted by molar-refractivity contribution is -0.130. The zero-order valence-corrected chi connectivity index (χ0v) is 14.4. The summed E-state index contributed by atoms with van der Waals surface area (Å²) in [6, 6.07) is 9.29. The summed E-state index contributed by atoms with van der Waals surface area (Å²) >= 11 is 0. The minimum absolute atomic E-state index is 0.0937. The Hall–Kier alpha value is -2.57. The Kier molecular flexibility index (Phi) is 7.75. The summed E-state index contributed by atoms with van der Waals surface area (Å²) in [5.74, 6) is -0.0752. The van der Waals surface area contributed by atoms with Crippen molar-refractivity contribution in [1.29, 1.82) is 0 Å². The van der Waals surface area contributed by atoms with Crippen LogP contribution < -0.4 is 16.0 Å². The summed E-state index contributed by atoms with van der Waals surface area (Å²) in [6.07, 6.45) is 2.65. The number of hydrogen-bond donors (Lipinski definition) is 3. The molecule has 1 fully saturated rings. The molecule has 2 rings (SSSR count). The maximum Gasteiger partial charge on any atom is 0.315 e. The molecule has 0 atom stereocenters. The Morgan fingerprint density at radius 2 is 1.56 bits per heavy atom. The van der Waals surface area contributed by atoms with Gasteiger partial charge in [0.15, 0.2) is 0 Å². The van der Waals surface area contributed by atoms with Crippen LogP contribution in [0.5, 0.6) is 0 Å². The third kappa shape index (κ3) is 7.24. The van der Waals surface area contributed by atoms with Crippen LogP contribution in [0.4, 0.5) is 4.79 Å². The number of nitrogens with one attached hydrogen (secondary N) is 3. The number of nitrogens with zero attached hydrogens (tertiary/aromatic N) is 1. The van der Waals surface area contributed by atoms with E-state index in [0.717, 1.165) is 31.5 Å². The number of likely N-dealkylation sites (tertiary alicyclic amines) is 1. The van der Waals surface area contributed by atoms with Crippen LogP contribution in [-0.4, -0.2) is 48.9 Å². The first-order valence-electron chi connectivity index (χ1n) is 8.75. The molecule has 0 aliphatic carbocycles. The summed E-state index contributed by atoms with van der Waals surface area (Å²) in [4.78, 5) is 37.0. The highest BCUT2D eigenvalue weighted by atomic mass is 16.2. The van der Waals surface area contributed by atoms with Crippen LogP contribution in [-0.2, 0) is 16.1 Å². The second kappa shape index (κ2) is 10.3. The Morgan fingerprint density at radius 3 is 2.28 bits per heavy atom. The van der Waals surface area contributed by atoms with Gasteiger partial charge in [0.05, 0.1) is 0 Å². The zero-order valence-electron chi connectivity index (χ0n) is 14.4. The monoisotopic (exact) mass is 346 g/mol. The average molecular weight is 346 g/mol. The summed E-state index contributed by atoms with van der Waals surface area (Å²) in [5.41, 5.74) is 1.01. The largest absolute Gasteiger partial charge is 0.356 e. The normalized spacial score (nSPS) is 13.4. The number of hydrogen-bond acceptors (Lipinski definition) is 3. The van der Waals surface area contributed by atoms with Crippen LogP contribution >= 0.6 is 0 Å². The highest BCUT2D eigenvalue weighted by Gasteiger charge is 2.17. The minimum atomic E-state index is -0.305. The molecule has 1 aromatic rings. The number of benzene rings is 1. The van der Waals surface area contributed by atoms with Gasteiger partial charge >= 0.3 is 6.03 Å². The first-order valence-corrected chi connectivity index (χ1v) is 8.75. The van der Waals surface area contributed by atoms with Crippen molar-refractivity contribution in [2.45, 2.75) is 32.2 Å². The fraction of sp³-hybridized carbons (Fsp3) is 0.500. The van der Waals surface area contributed by atoms with Crippen molar-refractivity contribution in [3.8, 4) is 0 Å². The molecule has 7 heteroatoms. The van der Waals surface area contributed by atoms with Gasteiger partial charge in [0.25, 0.3) is 0 Å². The fourth-order valence-electron chi connectivity index (χ4n) is 2.65. The number of rotatable bonds is 8. The Labute approximate surface area is 148 Å². The predicted octanol–water partition coefficient (Wildman–Crippen LogP) is 1.00. The third-order valence-electron chi connectivity index (χ3n) is 4.05. The Morgan fingerprint density at radius 1 is 0.880 bits per heavy atom. The standard InChI is InChI=1S/C18H26N4O3/c23-16(19-11-9-17(24)22-12-4-5-13-22)8-10-20-18(25)21-14-15-6-2-1-3-7-15/h1-3,6-7H,4-5,8-14H2,(H,19,23)(H2,20,21,25). The molecule has 1 aliphatic heterocycles. The van der Waals surface area contributed by atoms with E-state index in [0.29, 0.717) is 19.5 Å². The van der Waals surface area contributed by atoms with Crippen molar-refractivity contribution < 1.29 is 14.4 Å². The summed E-state index contributed by atoms with van der Waals surface area (Å²) in [5, 5.41) is 8.08. The number of carbonyl (C=O) groups excluding carboxylic acids is 3. The molecule has 1 aliphatic rings.